The van der Waals surface area contributed by atoms with Crippen molar-refractivity contribution >= 4 is 28.9 Å². The van der Waals surface area contributed by atoms with Gasteiger partial charge in [-0.1, -0.05) is 53.4 Å². The van der Waals surface area contributed by atoms with Gasteiger partial charge >= 0.3 is 5.97 Å². The fourth-order valence-corrected chi connectivity index (χ4v) is 5.98. The molecule has 0 spiro atoms. The number of hydrogen-bond donors (Lipinski definition) is 2. The summed E-state index contributed by atoms with van der Waals surface area (Å²) in [4.78, 5) is 12.0. The lowest BCUT2D eigenvalue weighted by Gasteiger charge is -2.45. The van der Waals surface area contributed by atoms with Gasteiger partial charge in [-0.15, -0.1) is 22.9 Å². The molecule has 2 aliphatic rings. The molecule has 1 aromatic heterocycles. The maximum atomic E-state index is 10.4. The Morgan fingerprint density at radius 3 is 2.37 bits per heavy atom. The van der Waals surface area contributed by atoms with Crippen molar-refractivity contribution in [1.82, 2.24) is 0 Å². The highest BCUT2D eigenvalue weighted by Gasteiger charge is 2.41. The van der Waals surface area contributed by atoms with Crippen LogP contribution in [0.3, 0.4) is 0 Å². The zero-order valence-electron chi connectivity index (χ0n) is 19.5. The quantitative estimate of drug-likeness (QED) is 0.369. The van der Waals surface area contributed by atoms with E-state index in [2.05, 4.69) is 13.8 Å². The number of carboxylic acids is 1. The first-order valence-electron chi connectivity index (χ1n) is 12.1. The Bertz CT molecular complexity index is 591. The Hall–Kier alpha value is -0.580. The van der Waals surface area contributed by atoms with Gasteiger partial charge in [0, 0.05) is 10.3 Å². The van der Waals surface area contributed by atoms with Crippen LogP contribution < -0.4 is 0 Å². The van der Waals surface area contributed by atoms with Crippen LogP contribution in [0.2, 0.25) is 0 Å². The van der Waals surface area contributed by atoms with Crippen molar-refractivity contribution in [2.24, 2.45) is 11.3 Å². The largest absolute Gasteiger partial charge is 0.477 e. The Labute approximate surface area is 193 Å². The SMILES string of the molecule is CC.CCC1(C(O)CCC[C@@H]2CCC[C@@H]2Cl)CCC1.CCCc1ccc(C(=O)O)s1. The van der Waals surface area contributed by atoms with E-state index in [1.165, 1.54) is 56.3 Å². The van der Waals surface area contributed by atoms with Gasteiger partial charge in [0.05, 0.1) is 6.10 Å². The Balaban J connectivity index is 0.000000300. The summed E-state index contributed by atoms with van der Waals surface area (Å²) in [6.45, 7) is 8.31. The monoisotopic (exact) mass is 458 g/mol. The van der Waals surface area contributed by atoms with Crippen LogP contribution in [0, 0.1) is 11.3 Å². The summed E-state index contributed by atoms with van der Waals surface area (Å²) in [7, 11) is 0. The molecule has 3 rings (SSSR count). The highest BCUT2D eigenvalue weighted by molar-refractivity contribution is 7.13. The van der Waals surface area contributed by atoms with E-state index in [-0.39, 0.29) is 11.5 Å². The molecule has 2 fully saturated rings. The van der Waals surface area contributed by atoms with Gasteiger partial charge in [-0.05, 0) is 74.8 Å². The first-order chi connectivity index (χ1) is 14.4. The number of aryl methyl sites for hydroxylation is 1. The van der Waals surface area contributed by atoms with Crippen LogP contribution in [-0.4, -0.2) is 27.7 Å². The summed E-state index contributed by atoms with van der Waals surface area (Å²) in [6, 6.07) is 3.55. The summed E-state index contributed by atoms with van der Waals surface area (Å²) in [5, 5.41) is 19.3. The third-order valence-electron chi connectivity index (χ3n) is 6.75. The maximum Gasteiger partial charge on any atom is 0.345 e. The van der Waals surface area contributed by atoms with Crippen LogP contribution in [0.25, 0.3) is 0 Å². The molecule has 30 heavy (non-hydrogen) atoms. The zero-order chi connectivity index (χ0) is 22.6. The second kappa shape index (κ2) is 14.5. The molecule has 0 amide bonds. The van der Waals surface area contributed by atoms with Crippen molar-refractivity contribution in [1.29, 1.82) is 0 Å². The third-order valence-corrected chi connectivity index (χ3v) is 8.46. The van der Waals surface area contributed by atoms with Crippen molar-refractivity contribution in [3.63, 3.8) is 0 Å². The molecular formula is C25H43ClO3S. The predicted molar refractivity (Wildman–Crippen MR) is 130 cm³/mol. The average Bonchev–Trinajstić information content (AvgIpc) is 3.33. The van der Waals surface area contributed by atoms with E-state index in [4.69, 9.17) is 16.7 Å². The Morgan fingerprint density at radius 1 is 1.23 bits per heavy atom. The van der Waals surface area contributed by atoms with E-state index < -0.39 is 5.97 Å². The number of aliphatic hydroxyl groups is 1. The van der Waals surface area contributed by atoms with Gasteiger partial charge in [0.1, 0.15) is 4.88 Å². The third kappa shape index (κ3) is 8.16. The number of carboxylic acid groups (broad SMARTS) is 1. The number of alkyl halides is 1. The van der Waals surface area contributed by atoms with Crippen molar-refractivity contribution in [2.75, 3.05) is 0 Å². The fourth-order valence-electron chi connectivity index (χ4n) is 4.62. The molecule has 2 saturated carbocycles. The van der Waals surface area contributed by atoms with E-state index in [9.17, 15) is 9.90 Å². The molecule has 3 atom stereocenters. The fraction of sp³-hybridized carbons (Fsp3) is 0.800. The Morgan fingerprint density at radius 2 is 1.93 bits per heavy atom. The highest BCUT2D eigenvalue weighted by Crippen LogP contribution is 2.48. The molecule has 0 radical (unpaired) electrons. The van der Waals surface area contributed by atoms with Gasteiger partial charge in [-0.3, -0.25) is 0 Å². The molecule has 3 nitrogen and oxygen atoms in total. The standard InChI is InChI=1S/C15H27ClO.C8H10O2S.C2H6/c1-2-15(10-5-11-15)14(17)9-4-7-12-6-3-8-13(12)16;1-2-3-6-4-5-7(11-6)8(9)10;1-2/h12-14,17H,2-11H2,1H3;4-5H,2-3H2,1H3,(H,9,10);1-2H3/t12-,13-,14?;;/m0../s1. The zero-order valence-corrected chi connectivity index (χ0v) is 21.0. The van der Waals surface area contributed by atoms with E-state index >= 15 is 0 Å². The van der Waals surface area contributed by atoms with Crippen LogP contribution in [-0.2, 0) is 6.42 Å². The summed E-state index contributed by atoms with van der Waals surface area (Å²) in [5.74, 6) is -0.0970. The van der Waals surface area contributed by atoms with Gasteiger partial charge in [0.25, 0.3) is 0 Å². The lowest BCUT2D eigenvalue weighted by molar-refractivity contribution is -0.0435. The average molecular weight is 459 g/mol. The van der Waals surface area contributed by atoms with Crippen molar-refractivity contribution in [3.8, 4) is 0 Å². The van der Waals surface area contributed by atoms with Crippen LogP contribution in [0.1, 0.15) is 113 Å². The molecule has 0 aliphatic heterocycles. The van der Waals surface area contributed by atoms with Gasteiger partial charge in [0.15, 0.2) is 0 Å². The van der Waals surface area contributed by atoms with Crippen LogP contribution >= 0.6 is 22.9 Å². The molecule has 0 aromatic carbocycles. The molecular weight excluding hydrogens is 416 g/mol. The first-order valence-corrected chi connectivity index (χ1v) is 13.3. The first kappa shape index (κ1) is 27.5. The van der Waals surface area contributed by atoms with Gasteiger partial charge in [-0.2, -0.15) is 0 Å². The topological polar surface area (TPSA) is 57.5 Å². The predicted octanol–water partition coefficient (Wildman–Crippen LogP) is 7.93. The Kier molecular flexibility index (Phi) is 13.2. The number of thiophene rings is 1. The van der Waals surface area contributed by atoms with Gasteiger partial charge < -0.3 is 10.2 Å². The number of aliphatic hydroxyl groups excluding tert-OH is 1. The number of aromatic carboxylic acids is 1. The summed E-state index contributed by atoms with van der Waals surface area (Å²) in [6.07, 6.45) is 14.1. The normalized spacial score (nSPS) is 22.7. The molecule has 5 heteroatoms. The van der Waals surface area contributed by atoms with Crippen LogP contribution in [0.15, 0.2) is 12.1 Å². The smallest absolute Gasteiger partial charge is 0.345 e. The minimum atomic E-state index is -0.822. The number of hydrogen-bond acceptors (Lipinski definition) is 3. The molecule has 1 unspecified atom stereocenters. The minimum Gasteiger partial charge on any atom is -0.477 e. The second-order valence-corrected chi connectivity index (χ2v) is 10.3. The molecule has 2 N–H and O–H groups in total. The van der Waals surface area contributed by atoms with Crippen molar-refractivity contribution in [2.45, 2.75) is 116 Å². The number of rotatable bonds is 9. The lowest BCUT2D eigenvalue weighted by atomic mass is 9.62. The van der Waals surface area contributed by atoms with Crippen LogP contribution in [0.5, 0.6) is 0 Å². The lowest BCUT2D eigenvalue weighted by Crippen LogP contribution is -2.40. The van der Waals surface area contributed by atoms with Crippen molar-refractivity contribution in [3.05, 3.63) is 21.9 Å². The molecule has 174 valence electrons. The number of carbonyl (C=O) groups is 1. The molecule has 1 heterocycles. The van der Waals surface area contributed by atoms with Crippen molar-refractivity contribution < 1.29 is 15.0 Å². The van der Waals surface area contributed by atoms with Gasteiger partial charge in [0.2, 0.25) is 0 Å². The summed E-state index contributed by atoms with van der Waals surface area (Å²) < 4.78 is 0. The molecule has 2 aliphatic carbocycles. The molecule has 1 aromatic rings. The minimum absolute atomic E-state index is 0.0589. The van der Waals surface area contributed by atoms with E-state index in [0.717, 1.165) is 42.9 Å². The van der Waals surface area contributed by atoms with Gasteiger partial charge in [-0.25, -0.2) is 4.79 Å². The van der Waals surface area contributed by atoms with Crippen LogP contribution in [0.4, 0.5) is 0 Å². The highest BCUT2D eigenvalue weighted by atomic mass is 35.5. The van der Waals surface area contributed by atoms with E-state index in [0.29, 0.717) is 10.3 Å². The summed E-state index contributed by atoms with van der Waals surface area (Å²) >= 11 is 7.65. The maximum absolute atomic E-state index is 10.4. The molecule has 0 saturated heterocycles. The summed E-state index contributed by atoms with van der Waals surface area (Å²) in [5.41, 5.74) is 0.288. The van der Waals surface area contributed by atoms with E-state index in [1.807, 2.05) is 19.9 Å². The molecule has 0 bridgehead atoms. The number of halogens is 1. The van der Waals surface area contributed by atoms with E-state index in [1.54, 1.807) is 6.07 Å². The second-order valence-electron chi connectivity index (χ2n) is 8.54.